The van der Waals surface area contributed by atoms with Gasteiger partial charge in [0.05, 0.1) is 18.1 Å². The van der Waals surface area contributed by atoms with Gasteiger partial charge in [-0.2, -0.15) is 4.90 Å². The van der Waals surface area contributed by atoms with Crippen molar-refractivity contribution in [1.29, 1.82) is 0 Å². The maximum atomic E-state index is 13.0. The van der Waals surface area contributed by atoms with E-state index in [0.29, 0.717) is 16.0 Å². The van der Waals surface area contributed by atoms with Crippen molar-refractivity contribution in [1.82, 2.24) is 9.55 Å². The first kappa shape index (κ1) is 14.9. The summed E-state index contributed by atoms with van der Waals surface area (Å²) in [7, 11) is 0. The summed E-state index contributed by atoms with van der Waals surface area (Å²) in [6, 6.07) is 9.78. The Balaban J connectivity index is 1.90. The Labute approximate surface area is 142 Å². The lowest BCUT2D eigenvalue weighted by Crippen LogP contribution is -2.40. The summed E-state index contributed by atoms with van der Waals surface area (Å²) in [6.45, 7) is -0.0170. The number of anilines is 3. The van der Waals surface area contributed by atoms with Crippen molar-refractivity contribution in [2.75, 3.05) is 10.2 Å². The molecule has 2 aromatic heterocycles. The molecule has 0 bridgehead atoms. The van der Waals surface area contributed by atoms with E-state index in [-0.39, 0.29) is 29.9 Å². The fourth-order valence-corrected chi connectivity index (χ4v) is 2.82. The Morgan fingerprint density at radius 1 is 1.24 bits per heavy atom. The van der Waals surface area contributed by atoms with Crippen LogP contribution in [0.4, 0.5) is 17.2 Å². The van der Waals surface area contributed by atoms with Crippen LogP contribution >= 0.6 is 0 Å². The average Bonchev–Trinajstić information content (AvgIpc) is 3.06. The van der Waals surface area contributed by atoms with E-state index in [1.165, 1.54) is 23.5 Å². The van der Waals surface area contributed by atoms with Gasteiger partial charge in [0.1, 0.15) is 17.9 Å². The van der Waals surface area contributed by atoms with Gasteiger partial charge in [-0.1, -0.05) is 12.1 Å². The molecule has 3 heterocycles. The second-order valence-electron chi connectivity index (χ2n) is 5.51. The molecular weight excluding hydrogens is 322 g/mol. The highest BCUT2D eigenvalue weighted by atomic mass is 16.5. The molecule has 8 heteroatoms. The highest BCUT2D eigenvalue weighted by molar-refractivity contribution is 6.16. The molecule has 2 amide bonds. The van der Waals surface area contributed by atoms with Gasteiger partial charge in [0.2, 0.25) is 0 Å². The Bertz CT molecular complexity index is 968. The standard InChI is InChI=1S/C17H13N5O3/c23-15(10-20-9-7-18-11-20)22-14-6-2-1-4-12(14)16(24)19-13-5-3-8-21(25)17(13)22/h1-9,11H,10H2,(H,19,24). The number of imidazole rings is 1. The fraction of sp³-hybridized carbons (Fsp3) is 0.0588. The molecule has 0 fully saturated rings. The zero-order valence-corrected chi connectivity index (χ0v) is 13.0. The van der Waals surface area contributed by atoms with Crippen molar-refractivity contribution >= 4 is 29.0 Å². The van der Waals surface area contributed by atoms with Gasteiger partial charge in [0, 0.05) is 12.4 Å². The maximum Gasteiger partial charge on any atom is 0.334 e. The number of hydrogen-bond donors (Lipinski definition) is 1. The summed E-state index contributed by atoms with van der Waals surface area (Å²) in [5.41, 5.74) is 0.954. The number of fused-ring (bicyclic) bond motifs is 2. The molecule has 1 aliphatic heterocycles. The number of para-hydroxylation sites is 1. The number of hydrogen-bond acceptors (Lipinski definition) is 4. The van der Waals surface area contributed by atoms with E-state index in [0.717, 1.165) is 0 Å². The molecule has 0 spiro atoms. The van der Waals surface area contributed by atoms with Crippen LogP contribution in [0.5, 0.6) is 0 Å². The summed E-state index contributed by atoms with van der Waals surface area (Å²) in [6.07, 6.45) is 6.03. The first-order chi connectivity index (χ1) is 12.1. The molecular formula is C17H13N5O3. The van der Waals surface area contributed by atoms with Gasteiger partial charge in [-0.25, -0.2) is 14.5 Å². The monoisotopic (exact) mass is 335 g/mol. The predicted octanol–water partition coefficient (Wildman–Crippen LogP) is 1.45. The van der Waals surface area contributed by atoms with Crippen LogP contribution in [0.15, 0.2) is 61.3 Å². The lowest BCUT2D eigenvalue weighted by Gasteiger charge is -2.19. The topological polar surface area (TPSA) is 94.2 Å². The third-order valence-corrected chi connectivity index (χ3v) is 3.91. The molecule has 1 N–H and O–H groups in total. The van der Waals surface area contributed by atoms with Gasteiger partial charge >= 0.3 is 11.7 Å². The minimum atomic E-state index is -0.374. The minimum Gasteiger partial charge on any atom is -0.711 e. The van der Waals surface area contributed by atoms with E-state index >= 15 is 0 Å². The first-order valence-corrected chi connectivity index (χ1v) is 7.56. The van der Waals surface area contributed by atoms with Crippen LogP contribution in [0.1, 0.15) is 10.4 Å². The highest BCUT2D eigenvalue weighted by Crippen LogP contribution is 2.35. The normalized spacial score (nSPS) is 12.8. The third kappa shape index (κ3) is 2.49. The van der Waals surface area contributed by atoms with Gasteiger partial charge in [-0.15, -0.1) is 0 Å². The zero-order valence-electron chi connectivity index (χ0n) is 13.0. The van der Waals surface area contributed by atoms with E-state index in [1.807, 2.05) is 0 Å². The van der Waals surface area contributed by atoms with E-state index in [1.54, 1.807) is 47.3 Å². The Kier molecular flexibility index (Phi) is 3.42. The number of carbonyl (C=O) groups is 2. The summed E-state index contributed by atoms with van der Waals surface area (Å²) in [4.78, 5) is 30.7. The van der Waals surface area contributed by atoms with Crippen LogP contribution in [0.3, 0.4) is 0 Å². The second kappa shape index (κ2) is 5.75. The highest BCUT2D eigenvalue weighted by Gasteiger charge is 2.37. The lowest BCUT2D eigenvalue weighted by molar-refractivity contribution is -0.590. The molecule has 0 aliphatic carbocycles. The molecule has 0 saturated heterocycles. The van der Waals surface area contributed by atoms with E-state index in [2.05, 4.69) is 10.3 Å². The number of rotatable bonds is 2. The SMILES string of the molecule is O=C1Nc2ccc[n+]([O-])c2N(C(=O)Cn2ccnc2)c2ccccc21. The van der Waals surface area contributed by atoms with Gasteiger partial charge < -0.3 is 15.1 Å². The molecule has 0 radical (unpaired) electrons. The number of nitrogens with one attached hydrogen (secondary N) is 1. The molecule has 1 aromatic carbocycles. The van der Waals surface area contributed by atoms with Crippen LogP contribution in [0.2, 0.25) is 0 Å². The van der Waals surface area contributed by atoms with Gasteiger partial charge in [0.15, 0.2) is 0 Å². The maximum absolute atomic E-state index is 13.0. The Morgan fingerprint density at radius 2 is 2.08 bits per heavy atom. The van der Waals surface area contributed by atoms with Gasteiger partial charge in [-0.3, -0.25) is 4.79 Å². The molecule has 124 valence electrons. The third-order valence-electron chi connectivity index (χ3n) is 3.91. The van der Waals surface area contributed by atoms with Crippen LogP contribution in [-0.2, 0) is 11.3 Å². The smallest absolute Gasteiger partial charge is 0.334 e. The molecule has 8 nitrogen and oxygen atoms in total. The zero-order chi connectivity index (χ0) is 17.4. The first-order valence-electron chi connectivity index (χ1n) is 7.56. The summed E-state index contributed by atoms with van der Waals surface area (Å²) in [5, 5.41) is 15.1. The number of carbonyl (C=O) groups excluding carboxylic acids is 2. The number of pyridine rings is 1. The van der Waals surface area contributed by atoms with E-state index in [9.17, 15) is 14.8 Å². The van der Waals surface area contributed by atoms with Crippen molar-refractivity contribution in [3.05, 3.63) is 72.1 Å². The number of benzene rings is 1. The second-order valence-corrected chi connectivity index (χ2v) is 5.51. The van der Waals surface area contributed by atoms with Crippen LogP contribution in [0, 0.1) is 5.21 Å². The molecule has 4 rings (SSSR count). The van der Waals surface area contributed by atoms with Gasteiger partial charge in [0.25, 0.3) is 5.91 Å². The largest absolute Gasteiger partial charge is 0.711 e. The van der Waals surface area contributed by atoms with Crippen molar-refractivity contribution in [2.45, 2.75) is 6.54 Å². The fourth-order valence-electron chi connectivity index (χ4n) is 2.82. The van der Waals surface area contributed by atoms with Crippen molar-refractivity contribution < 1.29 is 14.3 Å². The minimum absolute atomic E-state index is 0.0170. The molecule has 1 aliphatic rings. The predicted molar refractivity (Wildman–Crippen MR) is 89.2 cm³/mol. The van der Waals surface area contributed by atoms with E-state index in [4.69, 9.17) is 0 Å². The number of nitrogens with zero attached hydrogens (tertiary/aromatic N) is 4. The molecule has 0 saturated carbocycles. The molecule has 0 atom stereocenters. The van der Waals surface area contributed by atoms with Crippen LogP contribution in [-0.4, -0.2) is 21.4 Å². The van der Waals surface area contributed by atoms with Crippen molar-refractivity contribution in [3.63, 3.8) is 0 Å². The average molecular weight is 335 g/mol. The Hall–Kier alpha value is -3.68. The molecule has 3 aromatic rings. The molecule has 25 heavy (non-hydrogen) atoms. The molecule has 0 unspecified atom stereocenters. The van der Waals surface area contributed by atoms with Crippen molar-refractivity contribution in [2.24, 2.45) is 0 Å². The van der Waals surface area contributed by atoms with Gasteiger partial charge in [-0.05, 0) is 24.3 Å². The summed E-state index contributed by atoms with van der Waals surface area (Å²) >= 11 is 0. The van der Waals surface area contributed by atoms with Crippen molar-refractivity contribution in [3.8, 4) is 0 Å². The summed E-state index contributed by atoms with van der Waals surface area (Å²) < 4.78 is 2.17. The lowest BCUT2D eigenvalue weighted by atomic mass is 10.1. The van der Waals surface area contributed by atoms with Crippen LogP contribution < -0.4 is 14.9 Å². The summed E-state index contributed by atoms with van der Waals surface area (Å²) in [5.74, 6) is -0.675. The Morgan fingerprint density at radius 3 is 2.88 bits per heavy atom. The van der Waals surface area contributed by atoms with Crippen LogP contribution in [0.25, 0.3) is 0 Å². The quantitative estimate of drug-likeness (QED) is 0.566. The number of amides is 2. The number of aromatic nitrogens is 3. The van der Waals surface area contributed by atoms with E-state index < -0.39 is 0 Å².